The zero-order valence-corrected chi connectivity index (χ0v) is 13.2. The summed E-state index contributed by atoms with van der Waals surface area (Å²) in [4.78, 5) is 0. The monoisotopic (exact) mass is 288 g/mol. The SMILES string of the molecule is CCCCOCCOCCOCCC(C)(CO)C1CC1. The second-order valence-electron chi connectivity index (χ2n) is 6.03. The first-order chi connectivity index (χ1) is 9.73. The predicted octanol–water partition coefficient (Wildman–Crippen LogP) is 2.64. The smallest absolute Gasteiger partial charge is 0.0701 e. The average molecular weight is 288 g/mol. The zero-order chi connectivity index (χ0) is 14.7. The van der Waals surface area contributed by atoms with Gasteiger partial charge in [-0.15, -0.1) is 0 Å². The molecule has 0 spiro atoms. The Morgan fingerprint density at radius 2 is 1.50 bits per heavy atom. The number of ether oxygens (including phenoxy) is 3. The highest BCUT2D eigenvalue weighted by Gasteiger charge is 2.40. The van der Waals surface area contributed by atoms with Crippen molar-refractivity contribution >= 4 is 0 Å². The molecule has 1 unspecified atom stereocenters. The fourth-order valence-corrected chi connectivity index (χ4v) is 2.29. The van der Waals surface area contributed by atoms with Crippen LogP contribution in [-0.2, 0) is 14.2 Å². The molecule has 4 nitrogen and oxygen atoms in total. The van der Waals surface area contributed by atoms with E-state index in [-0.39, 0.29) is 12.0 Å². The topological polar surface area (TPSA) is 47.9 Å². The summed E-state index contributed by atoms with van der Waals surface area (Å²) in [6.07, 6.45) is 5.75. The Labute approximate surface area is 123 Å². The van der Waals surface area contributed by atoms with Crippen LogP contribution in [0.4, 0.5) is 0 Å². The molecule has 1 N–H and O–H groups in total. The summed E-state index contributed by atoms with van der Waals surface area (Å²) >= 11 is 0. The first-order valence-corrected chi connectivity index (χ1v) is 8.07. The van der Waals surface area contributed by atoms with Crippen LogP contribution in [0.2, 0.25) is 0 Å². The van der Waals surface area contributed by atoms with Gasteiger partial charge in [0.25, 0.3) is 0 Å². The van der Waals surface area contributed by atoms with Gasteiger partial charge in [-0.3, -0.25) is 0 Å². The molecule has 1 saturated carbocycles. The predicted molar refractivity (Wildman–Crippen MR) is 79.9 cm³/mol. The van der Waals surface area contributed by atoms with E-state index < -0.39 is 0 Å². The van der Waals surface area contributed by atoms with Crippen molar-refractivity contribution in [3.05, 3.63) is 0 Å². The lowest BCUT2D eigenvalue weighted by atomic mass is 9.83. The average Bonchev–Trinajstić information content (AvgIpc) is 3.29. The Bertz CT molecular complexity index is 231. The number of unbranched alkanes of at least 4 members (excludes halogenated alkanes) is 1. The van der Waals surface area contributed by atoms with Crippen LogP contribution in [0.5, 0.6) is 0 Å². The summed E-state index contributed by atoms with van der Waals surface area (Å²) in [6.45, 7) is 8.69. The Morgan fingerprint density at radius 1 is 0.950 bits per heavy atom. The normalized spacial score (nSPS) is 18.1. The van der Waals surface area contributed by atoms with Crippen LogP contribution in [0, 0.1) is 11.3 Å². The highest BCUT2D eigenvalue weighted by molar-refractivity contribution is 4.90. The van der Waals surface area contributed by atoms with Crippen LogP contribution in [0.1, 0.15) is 46.0 Å². The van der Waals surface area contributed by atoms with Gasteiger partial charge in [0.2, 0.25) is 0 Å². The van der Waals surface area contributed by atoms with Gasteiger partial charge >= 0.3 is 0 Å². The molecule has 0 amide bonds. The molecule has 0 aliphatic heterocycles. The van der Waals surface area contributed by atoms with Crippen LogP contribution < -0.4 is 0 Å². The quantitative estimate of drug-likeness (QED) is 0.499. The summed E-state index contributed by atoms with van der Waals surface area (Å²) in [5.41, 5.74) is 0.0635. The lowest BCUT2D eigenvalue weighted by Crippen LogP contribution is -2.26. The van der Waals surface area contributed by atoms with Crippen molar-refractivity contribution in [1.29, 1.82) is 0 Å². The maximum atomic E-state index is 9.46. The number of rotatable bonds is 14. The molecule has 0 aromatic carbocycles. The van der Waals surface area contributed by atoms with E-state index in [9.17, 15) is 5.11 Å². The molecule has 120 valence electrons. The van der Waals surface area contributed by atoms with E-state index in [1.54, 1.807) is 0 Å². The molecule has 1 rings (SSSR count). The van der Waals surface area contributed by atoms with Gasteiger partial charge in [0, 0.05) is 19.8 Å². The highest BCUT2D eigenvalue weighted by atomic mass is 16.5. The Kier molecular flexibility index (Phi) is 9.44. The van der Waals surface area contributed by atoms with Gasteiger partial charge in [-0.05, 0) is 37.0 Å². The van der Waals surface area contributed by atoms with E-state index in [1.807, 2.05) is 0 Å². The van der Waals surface area contributed by atoms with Gasteiger partial charge in [-0.2, -0.15) is 0 Å². The molecule has 0 heterocycles. The van der Waals surface area contributed by atoms with Crippen molar-refractivity contribution in [3.63, 3.8) is 0 Å². The molecule has 0 bridgehead atoms. The maximum absolute atomic E-state index is 9.46. The van der Waals surface area contributed by atoms with Crippen LogP contribution in [0.15, 0.2) is 0 Å². The van der Waals surface area contributed by atoms with Crippen molar-refractivity contribution in [3.8, 4) is 0 Å². The second-order valence-corrected chi connectivity index (χ2v) is 6.03. The molecule has 20 heavy (non-hydrogen) atoms. The van der Waals surface area contributed by atoms with E-state index in [2.05, 4.69) is 13.8 Å². The van der Waals surface area contributed by atoms with Crippen molar-refractivity contribution in [1.82, 2.24) is 0 Å². The van der Waals surface area contributed by atoms with Gasteiger partial charge in [0.1, 0.15) is 0 Å². The Hall–Kier alpha value is -0.160. The van der Waals surface area contributed by atoms with Gasteiger partial charge in [0.15, 0.2) is 0 Å². The molecule has 1 aliphatic carbocycles. The number of hydrogen-bond donors (Lipinski definition) is 1. The van der Waals surface area contributed by atoms with Gasteiger partial charge in [0.05, 0.1) is 26.4 Å². The van der Waals surface area contributed by atoms with Gasteiger partial charge in [-0.1, -0.05) is 20.3 Å². The molecule has 0 radical (unpaired) electrons. The van der Waals surface area contributed by atoms with Crippen molar-refractivity contribution < 1.29 is 19.3 Å². The minimum atomic E-state index is 0.0635. The number of hydrogen-bond acceptors (Lipinski definition) is 4. The van der Waals surface area contributed by atoms with E-state index in [4.69, 9.17) is 14.2 Å². The lowest BCUT2D eigenvalue weighted by Gasteiger charge is -2.26. The van der Waals surface area contributed by atoms with Gasteiger partial charge in [-0.25, -0.2) is 0 Å². The zero-order valence-electron chi connectivity index (χ0n) is 13.2. The van der Waals surface area contributed by atoms with Crippen molar-refractivity contribution in [2.24, 2.45) is 11.3 Å². The molecular weight excluding hydrogens is 256 g/mol. The fraction of sp³-hybridized carbons (Fsp3) is 1.00. The summed E-state index contributed by atoms with van der Waals surface area (Å²) in [6, 6.07) is 0. The Balaban J connectivity index is 1.82. The molecule has 0 saturated heterocycles. The third-order valence-corrected chi connectivity index (χ3v) is 4.13. The molecule has 4 heteroatoms. The van der Waals surface area contributed by atoms with Crippen LogP contribution in [-0.4, -0.2) is 51.4 Å². The van der Waals surface area contributed by atoms with Gasteiger partial charge < -0.3 is 19.3 Å². The van der Waals surface area contributed by atoms with Crippen LogP contribution in [0.3, 0.4) is 0 Å². The minimum absolute atomic E-state index is 0.0635. The summed E-state index contributed by atoms with van der Waals surface area (Å²) in [5.74, 6) is 0.701. The largest absolute Gasteiger partial charge is 0.396 e. The molecule has 1 fully saturated rings. The first-order valence-electron chi connectivity index (χ1n) is 8.07. The summed E-state index contributed by atoms with van der Waals surface area (Å²) in [7, 11) is 0. The third kappa shape index (κ3) is 7.58. The molecular formula is C16H32O4. The van der Waals surface area contributed by atoms with E-state index in [1.165, 1.54) is 19.3 Å². The third-order valence-electron chi connectivity index (χ3n) is 4.13. The lowest BCUT2D eigenvalue weighted by molar-refractivity contribution is 0.00207. The number of aliphatic hydroxyl groups excluding tert-OH is 1. The second kappa shape index (κ2) is 10.6. The Morgan fingerprint density at radius 3 is 2.00 bits per heavy atom. The summed E-state index contributed by atoms with van der Waals surface area (Å²) < 4.78 is 16.4. The fourth-order valence-electron chi connectivity index (χ4n) is 2.29. The van der Waals surface area contributed by atoms with E-state index in [0.29, 0.717) is 39.0 Å². The van der Waals surface area contributed by atoms with Crippen molar-refractivity contribution in [2.75, 3.05) is 46.2 Å². The molecule has 1 aliphatic rings. The van der Waals surface area contributed by atoms with Crippen molar-refractivity contribution in [2.45, 2.75) is 46.0 Å². The van der Waals surface area contributed by atoms with Crippen LogP contribution in [0.25, 0.3) is 0 Å². The van der Waals surface area contributed by atoms with Crippen LogP contribution >= 0.6 is 0 Å². The maximum Gasteiger partial charge on any atom is 0.0701 e. The van der Waals surface area contributed by atoms with E-state index in [0.717, 1.165) is 19.4 Å². The molecule has 0 aromatic rings. The molecule has 1 atom stereocenters. The highest BCUT2D eigenvalue weighted by Crippen LogP contribution is 2.47. The summed E-state index contributed by atoms with van der Waals surface area (Å²) in [5, 5.41) is 9.46. The minimum Gasteiger partial charge on any atom is -0.396 e. The van der Waals surface area contributed by atoms with E-state index >= 15 is 0 Å². The standard InChI is InChI=1S/C16H32O4/c1-3-4-8-18-10-12-20-13-11-19-9-7-16(2,14-17)15-5-6-15/h15,17H,3-14H2,1-2H3. The molecule has 0 aromatic heterocycles. The number of aliphatic hydroxyl groups is 1. The first kappa shape index (κ1) is 17.9.